The first-order valence-electron chi connectivity index (χ1n) is 6.98. The number of H-pyrrole nitrogens is 1. The van der Waals surface area contributed by atoms with Crippen molar-refractivity contribution in [2.75, 3.05) is 13.1 Å². The highest BCUT2D eigenvalue weighted by molar-refractivity contribution is 5.83. The van der Waals surface area contributed by atoms with Crippen LogP contribution in [0.5, 0.6) is 0 Å². The molecule has 1 aromatic heterocycles. The first-order chi connectivity index (χ1) is 9.81. The van der Waals surface area contributed by atoms with E-state index in [9.17, 15) is 4.79 Å². The molecule has 0 aliphatic rings. The summed E-state index contributed by atoms with van der Waals surface area (Å²) >= 11 is 0. The minimum absolute atomic E-state index is 0.0894. The van der Waals surface area contributed by atoms with Gasteiger partial charge in [0.05, 0.1) is 0 Å². The van der Waals surface area contributed by atoms with Crippen LogP contribution in [0.4, 0.5) is 0 Å². The number of nitrogens with one attached hydrogen (secondary N) is 2. The number of para-hydroxylation sites is 1. The van der Waals surface area contributed by atoms with E-state index in [1.807, 2.05) is 30.5 Å². The largest absolute Gasteiger partial charge is 0.361 e. The van der Waals surface area contributed by atoms with E-state index in [4.69, 9.17) is 5.73 Å². The van der Waals surface area contributed by atoms with Crippen molar-refractivity contribution in [3.8, 4) is 0 Å². The molecule has 0 atom stereocenters. The zero-order valence-electron chi connectivity index (χ0n) is 11.6. The first-order valence-corrected chi connectivity index (χ1v) is 6.98. The van der Waals surface area contributed by atoms with Crippen molar-refractivity contribution in [1.29, 1.82) is 0 Å². The molecule has 1 heterocycles. The Morgan fingerprint density at radius 1 is 1.30 bits per heavy atom. The summed E-state index contributed by atoms with van der Waals surface area (Å²) < 4.78 is 0. The number of aromatic nitrogens is 1. The van der Waals surface area contributed by atoms with Crippen LogP contribution in [0.1, 0.15) is 18.4 Å². The quantitative estimate of drug-likeness (QED) is 0.675. The summed E-state index contributed by atoms with van der Waals surface area (Å²) in [5, 5.41) is 4.09. The van der Waals surface area contributed by atoms with E-state index < -0.39 is 0 Å². The molecule has 2 aromatic rings. The molecule has 0 bridgehead atoms. The summed E-state index contributed by atoms with van der Waals surface area (Å²) in [4.78, 5) is 14.9. The smallest absolute Gasteiger partial charge is 0.220 e. The molecule has 0 spiro atoms. The fourth-order valence-corrected chi connectivity index (χ4v) is 2.22. The molecule has 0 saturated carbocycles. The highest BCUT2D eigenvalue weighted by Gasteiger charge is 2.04. The molecular weight excluding hydrogens is 250 g/mol. The standard InChI is InChI=1S/C16H21N3O/c17-10-3-4-11-18-16(20)9-5-6-13-12-19-15-8-2-1-7-14(13)15/h1-4,7-8,12,19H,5-6,9-11,17H2,(H,18,20)/b4-3+. The monoisotopic (exact) mass is 271 g/mol. The third-order valence-corrected chi connectivity index (χ3v) is 3.24. The molecule has 1 aromatic carbocycles. The summed E-state index contributed by atoms with van der Waals surface area (Å²) in [6.45, 7) is 1.07. The van der Waals surface area contributed by atoms with Gasteiger partial charge in [0, 0.05) is 36.6 Å². The number of fused-ring (bicyclic) bond motifs is 1. The third-order valence-electron chi connectivity index (χ3n) is 3.24. The maximum absolute atomic E-state index is 11.6. The number of hydrogen-bond acceptors (Lipinski definition) is 2. The molecule has 0 saturated heterocycles. The number of amides is 1. The van der Waals surface area contributed by atoms with Crippen LogP contribution in [-0.2, 0) is 11.2 Å². The van der Waals surface area contributed by atoms with Crippen LogP contribution in [0, 0.1) is 0 Å². The zero-order chi connectivity index (χ0) is 14.2. The SMILES string of the molecule is NC/C=C/CNC(=O)CCCc1c[nH]c2ccccc12. The topological polar surface area (TPSA) is 70.9 Å². The molecule has 0 unspecified atom stereocenters. The Labute approximate surface area is 119 Å². The van der Waals surface area contributed by atoms with Crippen molar-refractivity contribution in [2.24, 2.45) is 5.73 Å². The van der Waals surface area contributed by atoms with Crippen LogP contribution in [-0.4, -0.2) is 24.0 Å². The van der Waals surface area contributed by atoms with Gasteiger partial charge in [-0.2, -0.15) is 0 Å². The van der Waals surface area contributed by atoms with Gasteiger partial charge in [-0.15, -0.1) is 0 Å². The second-order valence-electron chi connectivity index (χ2n) is 4.72. The maximum Gasteiger partial charge on any atom is 0.220 e. The van der Waals surface area contributed by atoms with Gasteiger partial charge in [0.2, 0.25) is 5.91 Å². The van der Waals surface area contributed by atoms with E-state index in [-0.39, 0.29) is 5.91 Å². The van der Waals surface area contributed by atoms with Crippen molar-refractivity contribution in [3.63, 3.8) is 0 Å². The van der Waals surface area contributed by atoms with Crippen molar-refractivity contribution in [1.82, 2.24) is 10.3 Å². The van der Waals surface area contributed by atoms with Crippen LogP contribution in [0.3, 0.4) is 0 Å². The third kappa shape index (κ3) is 3.96. The van der Waals surface area contributed by atoms with E-state index in [1.165, 1.54) is 10.9 Å². The molecule has 4 N–H and O–H groups in total. The fraction of sp³-hybridized carbons (Fsp3) is 0.312. The lowest BCUT2D eigenvalue weighted by Gasteiger charge is -2.02. The Hall–Kier alpha value is -2.07. The van der Waals surface area contributed by atoms with Gasteiger partial charge in [-0.25, -0.2) is 0 Å². The van der Waals surface area contributed by atoms with Gasteiger partial charge in [0.25, 0.3) is 0 Å². The van der Waals surface area contributed by atoms with Crippen LogP contribution in [0.2, 0.25) is 0 Å². The lowest BCUT2D eigenvalue weighted by Crippen LogP contribution is -2.23. The van der Waals surface area contributed by atoms with E-state index in [1.54, 1.807) is 0 Å². The van der Waals surface area contributed by atoms with Crippen molar-refractivity contribution >= 4 is 16.8 Å². The van der Waals surface area contributed by atoms with Gasteiger partial charge in [0.1, 0.15) is 0 Å². The lowest BCUT2D eigenvalue weighted by atomic mass is 10.1. The Kier molecular flexibility index (Phi) is 5.38. The predicted molar refractivity (Wildman–Crippen MR) is 82.4 cm³/mol. The molecule has 0 fully saturated rings. The summed E-state index contributed by atoms with van der Waals surface area (Å²) in [5.74, 6) is 0.0894. The molecule has 20 heavy (non-hydrogen) atoms. The highest BCUT2D eigenvalue weighted by Crippen LogP contribution is 2.19. The van der Waals surface area contributed by atoms with Gasteiger partial charge in [-0.05, 0) is 24.5 Å². The van der Waals surface area contributed by atoms with E-state index >= 15 is 0 Å². The van der Waals surface area contributed by atoms with Crippen LogP contribution in [0.25, 0.3) is 10.9 Å². The number of hydrogen-bond donors (Lipinski definition) is 3. The van der Waals surface area contributed by atoms with Crippen LogP contribution in [0.15, 0.2) is 42.6 Å². The van der Waals surface area contributed by atoms with Gasteiger partial charge in [-0.3, -0.25) is 4.79 Å². The summed E-state index contributed by atoms with van der Waals surface area (Å²) in [5.41, 5.74) is 7.75. The number of aromatic amines is 1. The van der Waals surface area contributed by atoms with Gasteiger partial charge < -0.3 is 16.0 Å². The number of benzene rings is 1. The van der Waals surface area contributed by atoms with Crippen LogP contribution < -0.4 is 11.1 Å². The molecule has 4 heteroatoms. The second kappa shape index (κ2) is 7.50. The first kappa shape index (κ1) is 14.3. The predicted octanol–water partition coefficient (Wildman–Crippen LogP) is 2.12. The number of carbonyl (C=O) groups is 1. The van der Waals surface area contributed by atoms with Crippen molar-refractivity contribution in [2.45, 2.75) is 19.3 Å². The summed E-state index contributed by atoms with van der Waals surface area (Å²) in [6, 6.07) is 8.23. The maximum atomic E-state index is 11.6. The number of rotatable bonds is 7. The molecule has 1 amide bonds. The van der Waals surface area contributed by atoms with Crippen LogP contribution >= 0.6 is 0 Å². The highest BCUT2D eigenvalue weighted by atomic mass is 16.1. The average molecular weight is 271 g/mol. The Bertz CT molecular complexity index is 586. The minimum atomic E-state index is 0.0894. The zero-order valence-corrected chi connectivity index (χ0v) is 11.6. The van der Waals surface area contributed by atoms with E-state index in [0.29, 0.717) is 19.5 Å². The molecule has 2 rings (SSSR count). The Morgan fingerprint density at radius 3 is 3.00 bits per heavy atom. The molecule has 0 aliphatic heterocycles. The molecular formula is C16H21N3O. The van der Waals surface area contributed by atoms with Gasteiger partial charge in [-0.1, -0.05) is 30.4 Å². The van der Waals surface area contributed by atoms with E-state index in [0.717, 1.165) is 18.4 Å². The average Bonchev–Trinajstić information content (AvgIpc) is 2.87. The number of carbonyl (C=O) groups excluding carboxylic acids is 1. The lowest BCUT2D eigenvalue weighted by molar-refractivity contribution is -0.120. The van der Waals surface area contributed by atoms with Gasteiger partial charge >= 0.3 is 0 Å². The van der Waals surface area contributed by atoms with Gasteiger partial charge in [0.15, 0.2) is 0 Å². The molecule has 0 aliphatic carbocycles. The molecule has 4 nitrogen and oxygen atoms in total. The molecule has 0 radical (unpaired) electrons. The summed E-state index contributed by atoms with van der Waals surface area (Å²) in [7, 11) is 0. The number of nitrogens with two attached hydrogens (primary N) is 1. The fourth-order valence-electron chi connectivity index (χ4n) is 2.22. The Balaban J connectivity index is 1.75. The Morgan fingerprint density at radius 2 is 2.15 bits per heavy atom. The second-order valence-corrected chi connectivity index (χ2v) is 4.72. The molecule has 106 valence electrons. The minimum Gasteiger partial charge on any atom is -0.361 e. The van der Waals surface area contributed by atoms with Crippen molar-refractivity contribution in [3.05, 3.63) is 48.2 Å². The van der Waals surface area contributed by atoms with Crippen molar-refractivity contribution < 1.29 is 4.79 Å². The number of aryl methyl sites for hydroxylation is 1. The normalized spacial score (nSPS) is 11.2. The summed E-state index contributed by atoms with van der Waals surface area (Å²) in [6.07, 6.45) is 8.07. The van der Waals surface area contributed by atoms with E-state index in [2.05, 4.69) is 22.4 Å².